The summed E-state index contributed by atoms with van der Waals surface area (Å²) in [6, 6.07) is 7.85. The molecule has 0 fully saturated rings. The summed E-state index contributed by atoms with van der Waals surface area (Å²) in [5, 5.41) is 0. The average Bonchev–Trinajstić information content (AvgIpc) is 2.39. The van der Waals surface area contributed by atoms with E-state index in [0.717, 1.165) is 29.9 Å². The molecule has 94 valence electrons. The molecule has 2 rings (SSSR count). The minimum absolute atomic E-state index is 0.530. The molecule has 5 heteroatoms. The van der Waals surface area contributed by atoms with Gasteiger partial charge in [0.1, 0.15) is 5.82 Å². The van der Waals surface area contributed by atoms with Gasteiger partial charge in [-0.15, -0.1) is 0 Å². The van der Waals surface area contributed by atoms with E-state index in [-0.39, 0.29) is 0 Å². The van der Waals surface area contributed by atoms with Gasteiger partial charge in [-0.05, 0) is 19.1 Å². The van der Waals surface area contributed by atoms with Crippen LogP contribution in [0.5, 0.6) is 0 Å². The normalized spacial score (nSPS) is 10.5. The van der Waals surface area contributed by atoms with E-state index in [2.05, 4.69) is 21.8 Å². The molecule has 2 N–H and O–H groups in total. The van der Waals surface area contributed by atoms with Crippen LogP contribution < -0.4 is 10.6 Å². The van der Waals surface area contributed by atoms with E-state index < -0.39 is 0 Å². The number of fused-ring (bicyclic) bond motifs is 1. The second kappa shape index (κ2) is 5.73. The Hall–Kier alpha value is -1.75. The van der Waals surface area contributed by atoms with Crippen LogP contribution in [0.15, 0.2) is 30.5 Å². The van der Waals surface area contributed by atoms with E-state index in [1.54, 1.807) is 6.20 Å². The van der Waals surface area contributed by atoms with Gasteiger partial charge >= 0.3 is 0 Å². The minimum Gasteiger partial charge on any atom is -0.393 e. The molecule has 1 aromatic carbocycles. The number of rotatable bonds is 5. The highest BCUT2D eigenvalue weighted by molar-refractivity contribution is 7.80. The molecule has 0 saturated heterocycles. The molecule has 0 spiro atoms. The van der Waals surface area contributed by atoms with Crippen molar-refractivity contribution in [3.8, 4) is 0 Å². The highest BCUT2D eigenvalue weighted by atomic mass is 32.1. The van der Waals surface area contributed by atoms with Crippen LogP contribution in [0, 0.1) is 0 Å². The fourth-order valence-corrected chi connectivity index (χ4v) is 1.87. The highest BCUT2D eigenvalue weighted by Gasteiger charge is 2.07. The third kappa shape index (κ3) is 2.92. The predicted octanol–water partition coefficient (Wildman–Crippen LogP) is 2.13. The van der Waals surface area contributed by atoms with Crippen molar-refractivity contribution in [2.75, 3.05) is 18.0 Å². The number of aromatic nitrogens is 2. The molecule has 18 heavy (non-hydrogen) atoms. The molecule has 0 saturated carbocycles. The van der Waals surface area contributed by atoms with Gasteiger partial charge in [-0.1, -0.05) is 24.4 Å². The van der Waals surface area contributed by atoms with Crippen molar-refractivity contribution in [1.82, 2.24) is 9.97 Å². The molecule has 1 heterocycles. The fraction of sp³-hybridized carbons (Fsp3) is 0.308. The van der Waals surface area contributed by atoms with E-state index in [9.17, 15) is 0 Å². The Morgan fingerprint density at radius 3 is 2.72 bits per heavy atom. The number of benzene rings is 1. The quantitative estimate of drug-likeness (QED) is 0.835. The first-order valence-corrected chi connectivity index (χ1v) is 6.36. The number of nitrogens with zero attached hydrogens (tertiary/aromatic N) is 3. The Labute approximate surface area is 112 Å². The number of nitrogens with two attached hydrogens (primary N) is 1. The maximum atomic E-state index is 5.53. The van der Waals surface area contributed by atoms with Gasteiger partial charge < -0.3 is 10.6 Å². The van der Waals surface area contributed by atoms with Gasteiger partial charge in [0.15, 0.2) is 0 Å². The van der Waals surface area contributed by atoms with Crippen LogP contribution in [-0.2, 0) is 0 Å². The van der Waals surface area contributed by atoms with E-state index >= 15 is 0 Å². The van der Waals surface area contributed by atoms with E-state index in [0.29, 0.717) is 11.4 Å². The summed E-state index contributed by atoms with van der Waals surface area (Å²) >= 11 is 4.90. The van der Waals surface area contributed by atoms with Crippen LogP contribution in [0.4, 0.5) is 5.82 Å². The van der Waals surface area contributed by atoms with Gasteiger partial charge in [0.05, 0.1) is 22.2 Å². The number of hydrogen-bond acceptors (Lipinski definition) is 4. The van der Waals surface area contributed by atoms with E-state index in [1.165, 1.54) is 0 Å². The SMILES string of the molecule is CCN(CCC(N)=S)c1cnc2ccccc2n1. The summed E-state index contributed by atoms with van der Waals surface area (Å²) in [7, 11) is 0. The molecule has 0 radical (unpaired) electrons. The molecule has 0 atom stereocenters. The maximum absolute atomic E-state index is 5.53. The van der Waals surface area contributed by atoms with Gasteiger partial charge in [0.2, 0.25) is 0 Å². The van der Waals surface area contributed by atoms with Gasteiger partial charge in [-0.2, -0.15) is 0 Å². The van der Waals surface area contributed by atoms with Crippen molar-refractivity contribution >= 4 is 34.1 Å². The van der Waals surface area contributed by atoms with Crippen LogP contribution in [0.25, 0.3) is 11.0 Å². The first kappa shape index (κ1) is 12.7. The zero-order chi connectivity index (χ0) is 13.0. The summed E-state index contributed by atoms with van der Waals surface area (Å²) in [6.07, 6.45) is 2.49. The number of para-hydroxylation sites is 2. The van der Waals surface area contributed by atoms with Gasteiger partial charge in [-0.3, -0.25) is 4.98 Å². The molecule has 1 aromatic heterocycles. The third-order valence-electron chi connectivity index (χ3n) is 2.77. The first-order valence-electron chi connectivity index (χ1n) is 5.95. The van der Waals surface area contributed by atoms with Gasteiger partial charge in [-0.25, -0.2) is 4.98 Å². The smallest absolute Gasteiger partial charge is 0.147 e. The lowest BCUT2D eigenvalue weighted by atomic mass is 10.3. The Morgan fingerprint density at radius 1 is 1.33 bits per heavy atom. The van der Waals surface area contributed by atoms with Crippen LogP contribution in [0.1, 0.15) is 13.3 Å². The fourth-order valence-electron chi connectivity index (χ4n) is 1.78. The largest absolute Gasteiger partial charge is 0.393 e. The molecule has 0 unspecified atom stereocenters. The summed E-state index contributed by atoms with van der Waals surface area (Å²) in [6.45, 7) is 3.71. The van der Waals surface area contributed by atoms with Crippen molar-refractivity contribution in [3.05, 3.63) is 30.5 Å². The number of hydrogen-bond donors (Lipinski definition) is 1. The summed E-state index contributed by atoms with van der Waals surface area (Å²) in [5.74, 6) is 0.868. The van der Waals surface area contributed by atoms with Crippen LogP contribution in [-0.4, -0.2) is 28.0 Å². The molecule has 0 aliphatic rings. The molecule has 0 aliphatic carbocycles. The predicted molar refractivity (Wildman–Crippen MR) is 78.8 cm³/mol. The van der Waals surface area contributed by atoms with Crippen LogP contribution in [0.2, 0.25) is 0 Å². The number of thiocarbonyl (C=S) groups is 1. The molecule has 0 amide bonds. The zero-order valence-corrected chi connectivity index (χ0v) is 11.2. The first-order chi connectivity index (χ1) is 8.70. The molecular weight excluding hydrogens is 244 g/mol. The van der Waals surface area contributed by atoms with Crippen molar-refractivity contribution in [2.24, 2.45) is 5.73 Å². The summed E-state index contributed by atoms with van der Waals surface area (Å²) < 4.78 is 0. The molecule has 4 nitrogen and oxygen atoms in total. The van der Waals surface area contributed by atoms with Crippen molar-refractivity contribution in [1.29, 1.82) is 0 Å². The second-order valence-electron chi connectivity index (χ2n) is 4.01. The molecule has 0 bridgehead atoms. The van der Waals surface area contributed by atoms with Crippen LogP contribution >= 0.6 is 12.2 Å². The Bertz CT molecular complexity index is 555. The zero-order valence-electron chi connectivity index (χ0n) is 10.3. The molecular formula is C13H16N4S. The monoisotopic (exact) mass is 260 g/mol. The van der Waals surface area contributed by atoms with E-state index in [1.807, 2.05) is 24.3 Å². The van der Waals surface area contributed by atoms with Gasteiger partial charge in [0, 0.05) is 19.5 Å². The summed E-state index contributed by atoms with van der Waals surface area (Å²) in [4.78, 5) is 11.7. The lowest BCUT2D eigenvalue weighted by molar-refractivity contribution is 0.819. The molecule has 0 aliphatic heterocycles. The maximum Gasteiger partial charge on any atom is 0.147 e. The Kier molecular flexibility index (Phi) is 4.04. The number of anilines is 1. The average molecular weight is 260 g/mol. The highest BCUT2D eigenvalue weighted by Crippen LogP contribution is 2.15. The van der Waals surface area contributed by atoms with Crippen molar-refractivity contribution in [3.63, 3.8) is 0 Å². The van der Waals surface area contributed by atoms with E-state index in [4.69, 9.17) is 18.0 Å². The van der Waals surface area contributed by atoms with Crippen LogP contribution in [0.3, 0.4) is 0 Å². The molecule has 2 aromatic rings. The van der Waals surface area contributed by atoms with Crippen molar-refractivity contribution in [2.45, 2.75) is 13.3 Å². The minimum atomic E-state index is 0.530. The van der Waals surface area contributed by atoms with Crippen molar-refractivity contribution < 1.29 is 0 Å². The lowest BCUT2D eigenvalue weighted by Crippen LogP contribution is -2.28. The Morgan fingerprint density at radius 2 is 2.06 bits per heavy atom. The third-order valence-corrected chi connectivity index (χ3v) is 2.97. The Balaban J connectivity index is 2.24. The lowest BCUT2D eigenvalue weighted by Gasteiger charge is -2.21. The second-order valence-corrected chi connectivity index (χ2v) is 4.54. The summed E-state index contributed by atoms with van der Waals surface area (Å²) in [5.41, 5.74) is 7.35. The van der Waals surface area contributed by atoms with Gasteiger partial charge in [0.25, 0.3) is 0 Å². The standard InChI is InChI=1S/C13H16N4S/c1-2-17(8-7-12(14)18)13-9-15-10-5-3-4-6-11(10)16-13/h3-6,9H,2,7-8H2,1H3,(H2,14,18). The topological polar surface area (TPSA) is 55.0 Å².